The van der Waals surface area contributed by atoms with Crippen LogP contribution >= 0.6 is 34.8 Å². The fourth-order valence-electron chi connectivity index (χ4n) is 11.4. The van der Waals surface area contributed by atoms with Gasteiger partial charge in [0.1, 0.15) is 97.6 Å². The molecule has 0 atom stereocenters. The van der Waals surface area contributed by atoms with Gasteiger partial charge in [-0.3, -0.25) is 56.9 Å². The van der Waals surface area contributed by atoms with E-state index in [0.29, 0.717) is 81.4 Å². The van der Waals surface area contributed by atoms with Crippen LogP contribution in [0.1, 0.15) is 110 Å². The third kappa shape index (κ3) is 16.9. The summed E-state index contributed by atoms with van der Waals surface area (Å²) in [7, 11) is 0. The molecule has 0 radical (unpaired) electrons. The summed E-state index contributed by atoms with van der Waals surface area (Å²) in [5.74, 6) is -4.15. The molecule has 0 bridgehead atoms. The van der Waals surface area contributed by atoms with Gasteiger partial charge in [-0.2, -0.15) is 0 Å². The summed E-state index contributed by atoms with van der Waals surface area (Å²) in [6.45, 7) is 16.5. The van der Waals surface area contributed by atoms with E-state index in [0.717, 1.165) is 47.5 Å². The van der Waals surface area contributed by atoms with E-state index in [4.69, 9.17) is 39.5 Å². The molecule has 4 N–H and O–H groups in total. The molecule has 13 rings (SSSR count). The number of rotatable bonds is 15. The van der Waals surface area contributed by atoms with Crippen molar-refractivity contribution in [3.8, 4) is 0 Å². The molecule has 538 valence electrons. The number of pyridine rings is 6. The first-order valence-corrected chi connectivity index (χ1v) is 33.8. The molecule has 4 amide bonds. The first-order chi connectivity index (χ1) is 49.7. The number of aryl methyl sites for hydroxylation is 6. The number of amides is 4. The molecule has 10 heterocycles. The summed E-state index contributed by atoms with van der Waals surface area (Å²) in [4.78, 5) is 158. The average Bonchev–Trinajstić information content (AvgIpc) is 0.758. The van der Waals surface area contributed by atoms with Crippen molar-refractivity contribution in [2.75, 3.05) is 13.1 Å². The molecule has 9 aromatic heterocycles. The maximum Gasteiger partial charge on any atom is 0.326 e. The number of carbonyl (C=O) groups excluding carboxylic acids is 5. The molecular weight excluding hydrogens is 1410 g/mol. The largest absolute Gasteiger partial charge is 0.480 e. The number of esters is 1. The van der Waals surface area contributed by atoms with Crippen LogP contribution in [-0.4, -0.2) is 128 Å². The van der Waals surface area contributed by atoms with Gasteiger partial charge in [0.15, 0.2) is 0 Å². The number of alkyl halides is 1. The summed E-state index contributed by atoms with van der Waals surface area (Å²) in [6, 6.07) is 25.1. The minimum atomic E-state index is -1.45. The van der Waals surface area contributed by atoms with Crippen molar-refractivity contribution in [1.29, 1.82) is 0 Å². The van der Waals surface area contributed by atoms with Crippen LogP contribution < -0.4 is 32.6 Å². The lowest BCUT2D eigenvalue weighted by molar-refractivity contribution is -0.155. The highest BCUT2D eigenvalue weighted by atomic mass is 35.5. The fourth-order valence-corrected chi connectivity index (χ4v) is 11.8. The van der Waals surface area contributed by atoms with Gasteiger partial charge in [0.2, 0.25) is 5.91 Å². The summed E-state index contributed by atoms with van der Waals surface area (Å²) >= 11 is 17.7. The van der Waals surface area contributed by atoms with E-state index in [9.17, 15) is 52.6 Å². The first-order valence-electron chi connectivity index (χ1n) is 32.7. The highest BCUT2D eigenvalue weighted by molar-refractivity contribution is 6.31. The number of ether oxygens (including phenoxy) is 1. The number of carboxylic acid groups (broad SMARTS) is 1. The van der Waals surface area contributed by atoms with Crippen molar-refractivity contribution in [2.24, 2.45) is 0 Å². The highest BCUT2D eigenvalue weighted by Gasteiger charge is 2.42. The summed E-state index contributed by atoms with van der Waals surface area (Å²) in [6.07, 6.45) is 4.43. The molecule has 0 saturated carbocycles. The zero-order chi connectivity index (χ0) is 75.7. The Bertz CT molecular complexity index is 5750. The number of aliphatic carboxylic acids is 1. The Kier molecular flexibility index (Phi) is 21.6. The molecule has 3 aromatic carbocycles. The van der Waals surface area contributed by atoms with Crippen molar-refractivity contribution in [3.63, 3.8) is 0 Å². The lowest BCUT2D eigenvalue weighted by atomic mass is 9.99. The second-order valence-electron chi connectivity index (χ2n) is 26.3. The van der Waals surface area contributed by atoms with Gasteiger partial charge in [0, 0.05) is 50.9 Å². The van der Waals surface area contributed by atoms with Crippen LogP contribution in [0.15, 0.2) is 124 Å². The molecule has 0 unspecified atom stereocenters. The topological polar surface area (TPSA) is 353 Å². The zero-order valence-electron chi connectivity index (χ0n) is 58.4. The SMILES string of the molecule is Cc1nc2cnc3c(cc(C(=O)NCc4ccc(Cl)cc4)c(=O)n3CC(=O)N3CC(C)(F)C3)c2nc1C.Cc1nc2cnc3c(cc(C(=O)NCc4ccc(Cl)cc4)c(=O)n3CC(=O)O)c2nc1C.Cc1nc2cnc3c(cc(C(=O)NCc4ccc(Cl)cc4)c(=O)n3CC(=O)OC(C)(C)C)c2nc1C. The van der Waals surface area contributed by atoms with Crippen LogP contribution in [0.5, 0.6) is 0 Å². The van der Waals surface area contributed by atoms with Gasteiger partial charge in [-0.25, -0.2) is 49.2 Å². The minimum absolute atomic E-state index is 0.0555. The molecule has 0 aliphatic carbocycles. The molecule has 1 saturated heterocycles. The van der Waals surface area contributed by atoms with Gasteiger partial charge in [0.25, 0.3) is 34.4 Å². The van der Waals surface area contributed by atoms with Crippen molar-refractivity contribution < 1.29 is 43.0 Å². The molecule has 27 nitrogen and oxygen atoms in total. The zero-order valence-corrected chi connectivity index (χ0v) is 60.7. The monoisotopic (exact) mass is 1480 g/mol. The van der Waals surface area contributed by atoms with Crippen molar-refractivity contribution >= 4 is 137 Å². The van der Waals surface area contributed by atoms with Gasteiger partial charge in [0.05, 0.1) is 65.8 Å². The Hall–Kier alpha value is -11.6. The predicted molar refractivity (Wildman–Crippen MR) is 393 cm³/mol. The molecule has 105 heavy (non-hydrogen) atoms. The van der Waals surface area contributed by atoms with Gasteiger partial charge >= 0.3 is 11.9 Å². The van der Waals surface area contributed by atoms with Crippen molar-refractivity contribution in [2.45, 2.75) is 120 Å². The number of halogens is 4. The van der Waals surface area contributed by atoms with E-state index >= 15 is 0 Å². The quantitative estimate of drug-likeness (QED) is 0.0548. The maximum absolute atomic E-state index is 14.0. The van der Waals surface area contributed by atoms with E-state index in [1.165, 1.54) is 48.6 Å². The van der Waals surface area contributed by atoms with Gasteiger partial charge in [-0.05, 0) is 141 Å². The molecule has 31 heteroatoms. The third-order valence-corrected chi connectivity index (χ3v) is 17.8. The number of hydrogen-bond donors (Lipinski definition) is 4. The second-order valence-corrected chi connectivity index (χ2v) is 27.6. The standard InChI is InChI=1S/C26H24ClFN6O3.C26H26ClN5O4.C22H18ClN5O4/c1-14-15(2)32-22-18-8-19(24(36)30-9-16-4-6-17(27)7-5-16)25(37)34(23(18)29-10-20(22)31-14)11-21(35)33-12-26(3,28)13-33;1-14-15(2)31-22-18-10-19(24(34)29-11-16-6-8-17(27)9-7-16)25(35)32(13-21(33)36-26(3,4)5)23(18)28-12-20(22)30-14;1-11-12(2)27-19-15-7-16(21(31)25-8-13-3-5-14(23)6-4-13)22(32)28(10-18(29)30)20(15)24-9-17(19)26-11/h4-8,10H,9,11-13H2,1-3H3,(H,30,36);6-10,12H,11,13H2,1-5H3,(H,29,34);3-7,9H,8,10H2,1-2H3,(H,25,31)(H,29,30). The van der Waals surface area contributed by atoms with Crippen LogP contribution in [0, 0.1) is 41.5 Å². The molecule has 1 aliphatic heterocycles. The highest BCUT2D eigenvalue weighted by Crippen LogP contribution is 2.29. The number of hydrogen-bond acceptors (Lipinski definition) is 19. The number of benzene rings is 3. The van der Waals surface area contributed by atoms with Crippen LogP contribution in [0.2, 0.25) is 15.1 Å². The first kappa shape index (κ1) is 74.6. The Morgan fingerprint density at radius 2 is 0.781 bits per heavy atom. The lowest BCUT2D eigenvalue weighted by Gasteiger charge is -2.42. The van der Waals surface area contributed by atoms with E-state index in [-0.39, 0.29) is 72.9 Å². The summed E-state index contributed by atoms with van der Waals surface area (Å²) in [5, 5.41) is 20.5. The second kappa shape index (κ2) is 30.4. The van der Waals surface area contributed by atoms with Gasteiger partial charge in [-0.15, -0.1) is 0 Å². The number of likely N-dealkylation sites (tertiary alicyclic amines) is 1. The lowest BCUT2D eigenvalue weighted by Crippen LogP contribution is -2.60. The van der Waals surface area contributed by atoms with Crippen LogP contribution in [0.4, 0.5) is 4.39 Å². The minimum Gasteiger partial charge on any atom is -0.480 e. The Morgan fingerprint density at radius 1 is 0.486 bits per heavy atom. The molecule has 1 fully saturated rings. The number of nitrogens with zero attached hydrogens (tertiary/aromatic N) is 13. The Morgan fingerprint density at radius 3 is 1.08 bits per heavy atom. The third-order valence-electron chi connectivity index (χ3n) is 17.0. The normalized spacial score (nSPS) is 12.5. The van der Waals surface area contributed by atoms with Crippen LogP contribution in [-0.2, 0) is 58.4 Å². The van der Waals surface area contributed by atoms with Crippen molar-refractivity contribution in [1.82, 2.24) is 79.4 Å². The summed E-state index contributed by atoms with van der Waals surface area (Å²) < 4.78 is 22.7. The van der Waals surface area contributed by atoms with Gasteiger partial charge < -0.3 is 30.7 Å². The van der Waals surface area contributed by atoms with Crippen LogP contribution in [0.25, 0.3) is 66.2 Å². The maximum atomic E-state index is 14.0. The molecule has 12 aromatic rings. The van der Waals surface area contributed by atoms with E-state index in [2.05, 4.69) is 60.8 Å². The number of nitrogens with one attached hydrogen (secondary N) is 3. The molecule has 0 spiro atoms. The Balaban J connectivity index is 0.000000158. The van der Waals surface area contributed by atoms with Crippen molar-refractivity contribution in [3.05, 3.63) is 223 Å². The molecular formula is C74H68Cl3FN16O11. The number of carbonyl (C=O) groups is 6. The Labute approximate surface area is 611 Å². The number of fused-ring (bicyclic) bond motifs is 9. The van der Waals surface area contributed by atoms with E-state index < -0.39 is 76.6 Å². The van der Waals surface area contributed by atoms with E-state index in [1.54, 1.807) is 100 Å². The van der Waals surface area contributed by atoms with Gasteiger partial charge in [-0.1, -0.05) is 71.2 Å². The predicted octanol–water partition coefficient (Wildman–Crippen LogP) is 9.62. The van der Waals surface area contributed by atoms with E-state index in [1.807, 2.05) is 34.6 Å². The number of carboxylic acids is 1. The number of aromatic nitrogens is 12. The molecule has 1 aliphatic rings. The van der Waals surface area contributed by atoms with Crippen LogP contribution in [0.3, 0.4) is 0 Å². The average molecular weight is 1480 g/mol. The fraction of sp³-hybridized carbons (Fsp3) is 0.270. The smallest absolute Gasteiger partial charge is 0.326 e. The summed E-state index contributed by atoms with van der Waals surface area (Å²) in [5.41, 5.74) is 5.24.